The molecule has 0 aliphatic carbocycles. The lowest BCUT2D eigenvalue weighted by Gasteiger charge is -2.08. The van der Waals surface area contributed by atoms with Gasteiger partial charge in [-0.2, -0.15) is 0 Å². The van der Waals surface area contributed by atoms with Crippen molar-refractivity contribution in [2.45, 2.75) is 0 Å². The van der Waals surface area contributed by atoms with Gasteiger partial charge in [0.25, 0.3) is 0 Å². The first-order valence-electron chi connectivity index (χ1n) is 6.36. The van der Waals surface area contributed by atoms with Gasteiger partial charge in [-0.1, -0.05) is 35.5 Å². The van der Waals surface area contributed by atoms with Gasteiger partial charge in [-0.15, -0.1) is 0 Å². The van der Waals surface area contributed by atoms with Crippen LogP contribution >= 0.6 is 0 Å². The van der Waals surface area contributed by atoms with E-state index in [4.69, 9.17) is 15.0 Å². The maximum absolute atomic E-state index is 14.0. The molecule has 0 aliphatic heterocycles. The van der Waals surface area contributed by atoms with Gasteiger partial charge in [-0.05, 0) is 18.2 Å². The third-order valence-electron chi connectivity index (χ3n) is 3.21. The lowest BCUT2D eigenvalue weighted by Crippen LogP contribution is -1.93. The topological polar surface area (TPSA) is 61.3 Å². The van der Waals surface area contributed by atoms with Crippen LogP contribution in [0.5, 0.6) is 5.75 Å². The molecular weight excluding hydrogens is 271 g/mol. The monoisotopic (exact) mass is 284 g/mol. The number of hydrogen-bond donors (Lipinski definition) is 1. The second-order valence-corrected chi connectivity index (χ2v) is 4.45. The first kappa shape index (κ1) is 13.2. The fraction of sp³-hybridized carbons (Fsp3) is 0.0625. The van der Waals surface area contributed by atoms with E-state index in [0.29, 0.717) is 22.4 Å². The summed E-state index contributed by atoms with van der Waals surface area (Å²) >= 11 is 0. The summed E-state index contributed by atoms with van der Waals surface area (Å²) in [6, 6.07) is 13.6. The standard InChI is InChI=1S/C16H13FN2O2/c1-20-13-9-5-3-7-11(13)14-15(21-19-16(14)18)10-6-2-4-8-12(10)17/h2-9H,1H3,(H2,18,19). The van der Waals surface area contributed by atoms with E-state index in [-0.39, 0.29) is 11.6 Å². The van der Waals surface area contributed by atoms with Crippen LogP contribution in [-0.2, 0) is 0 Å². The minimum atomic E-state index is -0.398. The number of ether oxygens (including phenoxy) is 1. The largest absolute Gasteiger partial charge is 0.496 e. The molecule has 106 valence electrons. The maximum Gasteiger partial charge on any atom is 0.180 e. The molecule has 3 aromatic rings. The van der Waals surface area contributed by atoms with E-state index < -0.39 is 5.82 Å². The van der Waals surface area contributed by atoms with Gasteiger partial charge in [0.1, 0.15) is 11.6 Å². The molecule has 0 aliphatic rings. The van der Waals surface area contributed by atoms with Crippen molar-refractivity contribution >= 4 is 5.82 Å². The lowest BCUT2D eigenvalue weighted by molar-refractivity contribution is 0.416. The quantitative estimate of drug-likeness (QED) is 0.796. The number of benzene rings is 2. The molecule has 0 radical (unpaired) electrons. The molecule has 2 aromatic carbocycles. The first-order chi connectivity index (χ1) is 10.2. The summed E-state index contributed by atoms with van der Waals surface area (Å²) in [6.07, 6.45) is 0. The molecule has 0 fully saturated rings. The highest BCUT2D eigenvalue weighted by Gasteiger charge is 2.22. The minimum absolute atomic E-state index is 0.192. The Morgan fingerprint density at radius 3 is 2.43 bits per heavy atom. The Balaban J connectivity index is 2.25. The highest BCUT2D eigenvalue weighted by atomic mass is 19.1. The van der Waals surface area contributed by atoms with Gasteiger partial charge in [0, 0.05) is 5.56 Å². The Bertz CT molecular complexity index is 783. The number of nitrogens with two attached hydrogens (primary N) is 1. The van der Waals surface area contributed by atoms with Crippen LogP contribution in [0.2, 0.25) is 0 Å². The van der Waals surface area contributed by atoms with Crippen LogP contribution in [0.15, 0.2) is 53.1 Å². The minimum Gasteiger partial charge on any atom is -0.496 e. The Hall–Kier alpha value is -2.82. The van der Waals surface area contributed by atoms with Gasteiger partial charge in [-0.3, -0.25) is 0 Å². The molecule has 5 heteroatoms. The Kier molecular flexibility index (Phi) is 3.31. The van der Waals surface area contributed by atoms with Crippen molar-refractivity contribution in [2.75, 3.05) is 12.8 Å². The highest BCUT2D eigenvalue weighted by molar-refractivity contribution is 5.89. The summed E-state index contributed by atoms with van der Waals surface area (Å²) in [5.74, 6) is 0.697. The molecule has 0 saturated carbocycles. The number of nitrogen functional groups attached to an aromatic ring is 1. The summed E-state index contributed by atoms with van der Waals surface area (Å²) < 4.78 is 24.6. The molecular formula is C16H13FN2O2. The molecule has 2 N–H and O–H groups in total. The number of para-hydroxylation sites is 1. The van der Waals surface area contributed by atoms with E-state index in [1.807, 2.05) is 18.2 Å². The third-order valence-corrected chi connectivity index (χ3v) is 3.21. The zero-order valence-electron chi connectivity index (χ0n) is 11.3. The van der Waals surface area contributed by atoms with Crippen LogP contribution in [0.3, 0.4) is 0 Å². The number of aromatic nitrogens is 1. The van der Waals surface area contributed by atoms with Crippen LogP contribution in [0.25, 0.3) is 22.5 Å². The van der Waals surface area contributed by atoms with Gasteiger partial charge in [0.2, 0.25) is 0 Å². The molecule has 3 rings (SSSR count). The Labute approximate surface area is 120 Å². The van der Waals surface area contributed by atoms with Crippen molar-refractivity contribution in [1.29, 1.82) is 0 Å². The van der Waals surface area contributed by atoms with E-state index in [2.05, 4.69) is 5.16 Å². The van der Waals surface area contributed by atoms with Crippen molar-refractivity contribution in [3.63, 3.8) is 0 Å². The molecule has 21 heavy (non-hydrogen) atoms. The lowest BCUT2D eigenvalue weighted by atomic mass is 10.0. The van der Waals surface area contributed by atoms with Gasteiger partial charge >= 0.3 is 0 Å². The van der Waals surface area contributed by atoms with Gasteiger partial charge in [-0.25, -0.2) is 4.39 Å². The smallest absolute Gasteiger partial charge is 0.180 e. The normalized spacial score (nSPS) is 10.6. The van der Waals surface area contributed by atoms with Gasteiger partial charge in [0.15, 0.2) is 11.6 Å². The summed E-state index contributed by atoms with van der Waals surface area (Å²) in [5.41, 5.74) is 7.44. The van der Waals surface area contributed by atoms with Crippen LogP contribution in [-0.4, -0.2) is 12.3 Å². The molecule has 0 bridgehead atoms. The SMILES string of the molecule is COc1ccccc1-c1c(N)noc1-c1ccccc1F. The van der Waals surface area contributed by atoms with Crippen molar-refractivity contribution in [1.82, 2.24) is 5.16 Å². The second-order valence-electron chi connectivity index (χ2n) is 4.45. The number of anilines is 1. The van der Waals surface area contributed by atoms with E-state index in [1.165, 1.54) is 6.07 Å². The number of hydrogen-bond acceptors (Lipinski definition) is 4. The number of halogens is 1. The summed E-state index contributed by atoms with van der Waals surface area (Å²) in [4.78, 5) is 0. The zero-order chi connectivity index (χ0) is 14.8. The fourth-order valence-corrected chi connectivity index (χ4v) is 2.24. The fourth-order valence-electron chi connectivity index (χ4n) is 2.24. The maximum atomic E-state index is 14.0. The Morgan fingerprint density at radius 1 is 1.05 bits per heavy atom. The van der Waals surface area contributed by atoms with Crippen LogP contribution in [0, 0.1) is 5.82 Å². The highest BCUT2D eigenvalue weighted by Crippen LogP contribution is 2.41. The number of rotatable bonds is 3. The van der Waals surface area contributed by atoms with Gasteiger partial charge < -0.3 is 15.0 Å². The number of methoxy groups -OCH3 is 1. The molecule has 0 amide bonds. The molecule has 1 heterocycles. The predicted molar refractivity (Wildman–Crippen MR) is 78.3 cm³/mol. The Morgan fingerprint density at radius 2 is 1.71 bits per heavy atom. The summed E-state index contributed by atoms with van der Waals surface area (Å²) in [6.45, 7) is 0. The first-order valence-corrected chi connectivity index (χ1v) is 6.36. The molecule has 0 saturated heterocycles. The van der Waals surface area contributed by atoms with Crippen LogP contribution < -0.4 is 10.5 Å². The van der Waals surface area contributed by atoms with Crippen molar-refractivity contribution < 1.29 is 13.7 Å². The molecule has 4 nitrogen and oxygen atoms in total. The molecule has 0 spiro atoms. The average Bonchev–Trinajstić information content (AvgIpc) is 2.89. The third kappa shape index (κ3) is 2.23. The van der Waals surface area contributed by atoms with Crippen molar-refractivity contribution in [3.05, 3.63) is 54.3 Å². The summed E-state index contributed by atoms with van der Waals surface area (Å²) in [5, 5.41) is 3.77. The molecule has 1 aromatic heterocycles. The van der Waals surface area contributed by atoms with Crippen LogP contribution in [0.1, 0.15) is 0 Å². The van der Waals surface area contributed by atoms with Crippen LogP contribution in [0.4, 0.5) is 10.2 Å². The average molecular weight is 284 g/mol. The van der Waals surface area contributed by atoms with Crippen molar-refractivity contribution in [3.8, 4) is 28.2 Å². The molecule has 0 atom stereocenters. The predicted octanol–water partition coefficient (Wildman–Crippen LogP) is 3.74. The van der Waals surface area contributed by atoms with E-state index in [0.717, 1.165) is 0 Å². The van der Waals surface area contributed by atoms with E-state index in [1.54, 1.807) is 31.4 Å². The van der Waals surface area contributed by atoms with E-state index >= 15 is 0 Å². The second kappa shape index (κ2) is 5.28. The zero-order valence-corrected chi connectivity index (χ0v) is 11.3. The van der Waals surface area contributed by atoms with E-state index in [9.17, 15) is 4.39 Å². The van der Waals surface area contributed by atoms with Gasteiger partial charge in [0.05, 0.1) is 18.2 Å². The van der Waals surface area contributed by atoms with Crippen molar-refractivity contribution in [2.24, 2.45) is 0 Å². The summed E-state index contributed by atoms with van der Waals surface area (Å²) in [7, 11) is 1.56. The molecule has 0 unspecified atom stereocenters. The number of nitrogens with zero attached hydrogens (tertiary/aromatic N) is 1.